The number of nitrogens with zero attached hydrogens (tertiary/aromatic N) is 4. The van der Waals surface area contributed by atoms with Gasteiger partial charge in [0, 0.05) is 22.1 Å². The molecule has 0 saturated carbocycles. The normalized spacial score (nSPS) is 11.8. The number of hydrogen-bond acceptors (Lipinski definition) is 2. The summed E-state index contributed by atoms with van der Waals surface area (Å²) in [7, 11) is 0. The molecule has 4 aromatic heterocycles. The second kappa shape index (κ2) is 10.5. The highest BCUT2D eigenvalue weighted by Gasteiger charge is 2.19. The summed E-state index contributed by atoms with van der Waals surface area (Å²) in [6.45, 7) is 0. The lowest BCUT2D eigenvalue weighted by Crippen LogP contribution is -1.96. The molecule has 10 rings (SSSR count). The van der Waals surface area contributed by atoms with Gasteiger partial charge in [0.15, 0.2) is 0 Å². The molecule has 0 radical (unpaired) electrons. The Morgan fingerprint density at radius 1 is 0.312 bits per heavy atom. The molecule has 0 bridgehead atoms. The summed E-state index contributed by atoms with van der Waals surface area (Å²) >= 11 is 0. The van der Waals surface area contributed by atoms with Crippen LogP contribution in [0.25, 0.3) is 88.5 Å². The van der Waals surface area contributed by atoms with Gasteiger partial charge in [0.2, 0.25) is 0 Å². The van der Waals surface area contributed by atoms with Crippen LogP contribution in [-0.4, -0.2) is 19.1 Å². The molecular formula is C44H28N4. The average molecular weight is 613 g/mol. The molecule has 0 aliphatic heterocycles. The van der Waals surface area contributed by atoms with Gasteiger partial charge in [0.05, 0.1) is 44.1 Å². The summed E-state index contributed by atoms with van der Waals surface area (Å²) < 4.78 is 4.64. The number of benzene rings is 6. The van der Waals surface area contributed by atoms with Crippen molar-refractivity contribution < 1.29 is 0 Å². The maximum absolute atomic E-state index is 5.34. The minimum atomic E-state index is 0.876. The lowest BCUT2D eigenvalue weighted by Gasteiger charge is -2.11. The van der Waals surface area contributed by atoms with Crippen molar-refractivity contribution in [1.29, 1.82) is 0 Å². The summed E-state index contributed by atoms with van der Waals surface area (Å²) in [6.07, 6.45) is 0. The average Bonchev–Trinajstić information content (AvgIpc) is 3.65. The van der Waals surface area contributed by atoms with Crippen LogP contribution in [0.3, 0.4) is 0 Å². The summed E-state index contributed by atoms with van der Waals surface area (Å²) in [5, 5.41) is 2.24. The van der Waals surface area contributed by atoms with E-state index in [4.69, 9.17) is 9.97 Å². The third-order valence-electron chi connectivity index (χ3n) is 9.49. The number of hydrogen-bond donors (Lipinski definition) is 0. The highest BCUT2D eigenvalue weighted by Crippen LogP contribution is 2.37. The van der Waals surface area contributed by atoms with E-state index in [1.165, 1.54) is 22.3 Å². The molecule has 4 heterocycles. The van der Waals surface area contributed by atoms with Crippen LogP contribution in [0.5, 0.6) is 0 Å². The molecule has 6 aromatic carbocycles. The number of fused-ring (bicyclic) bond motifs is 7. The van der Waals surface area contributed by atoms with E-state index in [1.807, 2.05) is 0 Å². The summed E-state index contributed by atoms with van der Waals surface area (Å²) in [6, 6.07) is 60.1. The zero-order chi connectivity index (χ0) is 31.6. The quantitative estimate of drug-likeness (QED) is 0.198. The molecule has 0 fully saturated rings. The number of rotatable bonds is 4. The highest BCUT2D eigenvalue weighted by atomic mass is 15.0. The predicted octanol–water partition coefficient (Wildman–Crippen LogP) is 11.2. The standard InChI is InChI=1S/C44H28N4/c1-3-12-29(13-4-1)31-22-24-33(25-23-31)47-39-20-9-7-18-35(39)43-41(47)27-37-38(45-43)28-42-44(46-37)36-19-8-10-21-40(36)48(42)34-17-11-16-32(26-34)30-14-5-2-6-15-30/h1-28H. The van der Waals surface area contributed by atoms with E-state index >= 15 is 0 Å². The molecule has 0 saturated heterocycles. The Balaban J connectivity index is 1.21. The van der Waals surface area contributed by atoms with Gasteiger partial charge in [-0.3, -0.25) is 0 Å². The van der Waals surface area contributed by atoms with Gasteiger partial charge in [-0.1, -0.05) is 121 Å². The van der Waals surface area contributed by atoms with Crippen LogP contribution in [0.4, 0.5) is 0 Å². The van der Waals surface area contributed by atoms with Gasteiger partial charge in [0.1, 0.15) is 0 Å². The highest BCUT2D eigenvalue weighted by molar-refractivity contribution is 6.13. The Hall–Kier alpha value is -6.52. The smallest absolute Gasteiger partial charge is 0.0972 e. The molecule has 0 aliphatic rings. The number of para-hydroxylation sites is 2. The van der Waals surface area contributed by atoms with E-state index in [9.17, 15) is 0 Å². The molecule has 4 nitrogen and oxygen atoms in total. The van der Waals surface area contributed by atoms with Crippen LogP contribution in [-0.2, 0) is 0 Å². The van der Waals surface area contributed by atoms with Crippen LogP contribution in [0.1, 0.15) is 0 Å². The fourth-order valence-electron chi connectivity index (χ4n) is 7.26. The van der Waals surface area contributed by atoms with E-state index in [-0.39, 0.29) is 0 Å². The molecule has 0 N–H and O–H groups in total. The number of pyridine rings is 2. The second-order valence-electron chi connectivity index (χ2n) is 12.3. The Kier molecular flexibility index (Phi) is 5.84. The first-order valence-corrected chi connectivity index (χ1v) is 16.3. The van der Waals surface area contributed by atoms with Gasteiger partial charge in [-0.25, -0.2) is 9.97 Å². The van der Waals surface area contributed by atoms with E-state index in [0.717, 1.165) is 66.3 Å². The lowest BCUT2D eigenvalue weighted by atomic mass is 10.1. The molecule has 48 heavy (non-hydrogen) atoms. The molecule has 0 amide bonds. The van der Waals surface area contributed by atoms with E-state index < -0.39 is 0 Å². The Morgan fingerprint density at radius 3 is 1.35 bits per heavy atom. The third-order valence-corrected chi connectivity index (χ3v) is 9.49. The fraction of sp³-hybridized carbons (Fsp3) is 0. The van der Waals surface area contributed by atoms with Crippen LogP contribution in [0.2, 0.25) is 0 Å². The monoisotopic (exact) mass is 612 g/mol. The topological polar surface area (TPSA) is 35.6 Å². The van der Waals surface area contributed by atoms with Crippen LogP contribution in [0, 0.1) is 0 Å². The molecular weight excluding hydrogens is 585 g/mol. The molecule has 10 aromatic rings. The van der Waals surface area contributed by atoms with Crippen molar-refractivity contribution in [2.45, 2.75) is 0 Å². The lowest BCUT2D eigenvalue weighted by molar-refractivity contribution is 1.17. The van der Waals surface area contributed by atoms with Crippen molar-refractivity contribution in [3.05, 3.63) is 170 Å². The zero-order valence-corrected chi connectivity index (χ0v) is 26.0. The van der Waals surface area contributed by atoms with Gasteiger partial charge in [-0.05, 0) is 70.8 Å². The maximum atomic E-state index is 5.34. The predicted molar refractivity (Wildman–Crippen MR) is 199 cm³/mol. The zero-order valence-electron chi connectivity index (χ0n) is 26.0. The molecule has 0 aliphatic carbocycles. The van der Waals surface area contributed by atoms with Crippen molar-refractivity contribution >= 4 is 54.9 Å². The molecule has 224 valence electrons. The van der Waals surface area contributed by atoms with Crippen LogP contribution < -0.4 is 0 Å². The van der Waals surface area contributed by atoms with Crippen molar-refractivity contribution in [1.82, 2.24) is 19.1 Å². The molecule has 0 unspecified atom stereocenters. The largest absolute Gasteiger partial charge is 0.308 e. The van der Waals surface area contributed by atoms with Crippen molar-refractivity contribution in [2.75, 3.05) is 0 Å². The van der Waals surface area contributed by atoms with E-state index in [0.29, 0.717) is 0 Å². The first-order valence-electron chi connectivity index (χ1n) is 16.3. The maximum Gasteiger partial charge on any atom is 0.0972 e. The van der Waals surface area contributed by atoms with Gasteiger partial charge in [-0.2, -0.15) is 0 Å². The van der Waals surface area contributed by atoms with Crippen LogP contribution >= 0.6 is 0 Å². The van der Waals surface area contributed by atoms with Crippen molar-refractivity contribution in [3.8, 4) is 33.6 Å². The van der Waals surface area contributed by atoms with Gasteiger partial charge < -0.3 is 9.13 Å². The molecule has 0 spiro atoms. The minimum Gasteiger partial charge on any atom is -0.308 e. The Labute approximate surface area is 276 Å². The van der Waals surface area contributed by atoms with Crippen LogP contribution in [0.15, 0.2) is 170 Å². The fourth-order valence-corrected chi connectivity index (χ4v) is 7.26. The van der Waals surface area contributed by atoms with Gasteiger partial charge in [0.25, 0.3) is 0 Å². The minimum absolute atomic E-state index is 0.876. The summed E-state index contributed by atoms with van der Waals surface area (Å²) in [4.78, 5) is 10.7. The molecule has 4 heteroatoms. The van der Waals surface area contributed by atoms with E-state index in [1.54, 1.807) is 0 Å². The summed E-state index contributed by atoms with van der Waals surface area (Å²) in [5.41, 5.74) is 15.0. The van der Waals surface area contributed by atoms with Crippen molar-refractivity contribution in [3.63, 3.8) is 0 Å². The first kappa shape index (κ1) is 26.7. The Morgan fingerprint density at radius 2 is 0.771 bits per heavy atom. The van der Waals surface area contributed by atoms with Gasteiger partial charge >= 0.3 is 0 Å². The SMILES string of the molecule is c1ccc(-c2ccc(-n3c4ccccc4c4nc5cc6c(nc5cc43)c3ccccc3n6-c3cccc(-c4ccccc4)c3)cc2)cc1. The summed E-state index contributed by atoms with van der Waals surface area (Å²) in [5.74, 6) is 0. The first-order chi connectivity index (χ1) is 23.8. The van der Waals surface area contributed by atoms with E-state index in [2.05, 4.69) is 179 Å². The van der Waals surface area contributed by atoms with Gasteiger partial charge in [-0.15, -0.1) is 0 Å². The third kappa shape index (κ3) is 4.10. The number of aromatic nitrogens is 4. The second-order valence-corrected chi connectivity index (χ2v) is 12.3. The Bertz CT molecular complexity index is 2810. The van der Waals surface area contributed by atoms with Crippen molar-refractivity contribution in [2.24, 2.45) is 0 Å². The molecule has 0 atom stereocenters.